The van der Waals surface area contributed by atoms with Crippen LogP contribution in [-0.4, -0.2) is 58.7 Å². The molecule has 2 aromatic rings. The van der Waals surface area contributed by atoms with Gasteiger partial charge in [-0.2, -0.15) is 0 Å². The number of hydrogen-bond donors (Lipinski definition) is 3. The second-order valence-corrected chi connectivity index (χ2v) is 9.11. The number of aromatic nitrogens is 2. The van der Waals surface area contributed by atoms with Gasteiger partial charge in [0.1, 0.15) is 23.0 Å². The molecule has 1 aliphatic heterocycles. The summed E-state index contributed by atoms with van der Waals surface area (Å²) in [5.41, 5.74) is 5.40. The number of ether oxygens (including phenoxy) is 2. The molecule has 0 radical (unpaired) electrons. The molecule has 2 aliphatic rings. The van der Waals surface area contributed by atoms with E-state index in [1.165, 1.54) is 26.4 Å². The number of rotatable bonds is 8. The lowest BCUT2D eigenvalue weighted by Crippen LogP contribution is -2.52. The van der Waals surface area contributed by atoms with Gasteiger partial charge in [0.2, 0.25) is 11.8 Å². The number of likely N-dealkylation sites (tertiary alicyclic amines) is 1. The molecule has 196 valence electrons. The highest BCUT2D eigenvalue weighted by Crippen LogP contribution is 2.50. The molecule has 2 fully saturated rings. The largest absolute Gasteiger partial charge is 0.495 e. The second-order valence-electron chi connectivity index (χ2n) is 9.11. The van der Waals surface area contributed by atoms with Crippen LogP contribution in [0.15, 0.2) is 30.6 Å². The number of halogens is 2. The van der Waals surface area contributed by atoms with Crippen LogP contribution in [0, 0.1) is 23.0 Å². The summed E-state index contributed by atoms with van der Waals surface area (Å²) >= 11 is 0. The maximum Gasteiger partial charge on any atom is 0.272 e. The summed E-state index contributed by atoms with van der Waals surface area (Å²) in [5, 5.41) is 11.1. The van der Waals surface area contributed by atoms with Gasteiger partial charge in [-0.3, -0.25) is 20.0 Å². The molecule has 3 heterocycles. The number of methoxy groups -OCH3 is 2. The van der Waals surface area contributed by atoms with Crippen molar-refractivity contribution in [2.45, 2.75) is 37.8 Å². The van der Waals surface area contributed by atoms with Gasteiger partial charge in [-0.25, -0.2) is 13.8 Å². The number of piperidine rings is 1. The Morgan fingerprint density at radius 1 is 1.24 bits per heavy atom. The first-order valence-electron chi connectivity index (χ1n) is 11.7. The van der Waals surface area contributed by atoms with Crippen LogP contribution in [0.5, 0.6) is 11.6 Å². The normalized spacial score (nSPS) is 18.3. The van der Waals surface area contributed by atoms with Gasteiger partial charge in [0.15, 0.2) is 5.82 Å². The lowest BCUT2D eigenvalue weighted by Gasteiger charge is -2.39. The average Bonchev–Trinajstić information content (AvgIpc) is 3.66. The van der Waals surface area contributed by atoms with Crippen molar-refractivity contribution in [2.75, 3.05) is 20.8 Å². The summed E-state index contributed by atoms with van der Waals surface area (Å²) in [7, 11) is 2.78. The number of carbonyl (C=O) groups is 2. The van der Waals surface area contributed by atoms with Crippen LogP contribution in [-0.2, 0) is 16.1 Å². The molecule has 0 unspecified atom stereocenters. The molecule has 0 bridgehead atoms. The fourth-order valence-electron chi connectivity index (χ4n) is 4.62. The van der Waals surface area contributed by atoms with Crippen molar-refractivity contribution in [2.24, 2.45) is 11.7 Å². The smallest absolute Gasteiger partial charge is 0.272 e. The average molecular weight is 515 g/mol. The van der Waals surface area contributed by atoms with Gasteiger partial charge in [-0.05, 0) is 31.8 Å². The first-order valence-corrected chi connectivity index (χ1v) is 11.7. The second kappa shape index (κ2) is 10.5. The molecule has 1 spiro atoms. The molecule has 1 aliphatic carbocycles. The van der Waals surface area contributed by atoms with Gasteiger partial charge in [0, 0.05) is 41.4 Å². The monoisotopic (exact) mass is 514 g/mol. The highest BCUT2D eigenvalue weighted by atomic mass is 19.1. The Kier molecular flexibility index (Phi) is 7.37. The number of amides is 2. The van der Waals surface area contributed by atoms with Crippen molar-refractivity contribution in [3.8, 4) is 11.6 Å². The summed E-state index contributed by atoms with van der Waals surface area (Å²) in [6.45, 7) is 0.377. The number of nitrogens with two attached hydrogens (primary N) is 1. The first-order chi connectivity index (χ1) is 17.7. The predicted molar refractivity (Wildman–Crippen MR) is 130 cm³/mol. The number of hydrogen-bond acceptors (Lipinski definition) is 8. The fraction of sp³-hybridized carbons (Fsp3) is 0.400. The third kappa shape index (κ3) is 5.52. The molecule has 2 aromatic heterocycles. The molecule has 0 aromatic carbocycles. The molecule has 4 N–H and O–H groups in total. The van der Waals surface area contributed by atoms with Gasteiger partial charge in [0.05, 0.1) is 33.2 Å². The Morgan fingerprint density at radius 3 is 2.68 bits per heavy atom. The number of carbonyl (C=O) groups excluding carboxylic acids is 2. The molecule has 12 heteroatoms. The third-order valence-corrected chi connectivity index (χ3v) is 6.77. The minimum absolute atomic E-state index is 0.0202. The Hall–Kier alpha value is -4.09. The van der Waals surface area contributed by atoms with Crippen LogP contribution in [0.2, 0.25) is 0 Å². The predicted octanol–water partition coefficient (Wildman–Crippen LogP) is 2.18. The maximum atomic E-state index is 14.2. The topological polar surface area (TPSA) is 144 Å². The van der Waals surface area contributed by atoms with Crippen molar-refractivity contribution < 1.29 is 27.8 Å². The van der Waals surface area contributed by atoms with Crippen LogP contribution < -0.4 is 20.5 Å². The molecule has 4 rings (SSSR count). The molecule has 10 nitrogen and oxygen atoms in total. The Balaban J connectivity index is 1.39. The zero-order chi connectivity index (χ0) is 26.7. The Bertz CT molecular complexity index is 1260. The Morgan fingerprint density at radius 2 is 2.00 bits per heavy atom. The standard InChI is InChI=1S/C25H28F2N6O4/c1-36-21-7-15(26)11-30-20(21)13-32-23(34)14-3-6-33(25(10-14)4-5-25)24(35)19(29)9-18(28)16-8-22(37-2)31-12-17(16)27/h7-9,11-12,14,29H,3-6,10,13,28H2,1-2H3,(H,32,34)/b18-9-,29-19?/t14-/m0/s1. The molecule has 1 saturated carbocycles. The van der Waals surface area contributed by atoms with Crippen molar-refractivity contribution in [3.05, 3.63) is 53.5 Å². The molecule has 1 saturated heterocycles. The summed E-state index contributed by atoms with van der Waals surface area (Å²) < 4.78 is 37.6. The zero-order valence-corrected chi connectivity index (χ0v) is 20.5. The molecule has 37 heavy (non-hydrogen) atoms. The minimum atomic E-state index is -0.700. The van der Waals surface area contributed by atoms with Gasteiger partial charge in [-0.1, -0.05) is 0 Å². The van der Waals surface area contributed by atoms with Crippen LogP contribution in [0.1, 0.15) is 36.9 Å². The highest BCUT2D eigenvalue weighted by molar-refractivity contribution is 6.43. The molecule has 2 amide bonds. The number of nitrogens with zero attached hydrogens (tertiary/aromatic N) is 3. The van der Waals surface area contributed by atoms with E-state index >= 15 is 0 Å². The maximum absolute atomic E-state index is 14.2. The van der Waals surface area contributed by atoms with E-state index in [0.29, 0.717) is 25.1 Å². The van der Waals surface area contributed by atoms with Gasteiger partial charge >= 0.3 is 0 Å². The quantitative estimate of drug-likeness (QED) is 0.458. The Labute approximate surface area is 212 Å². The van der Waals surface area contributed by atoms with Crippen LogP contribution in [0.4, 0.5) is 8.78 Å². The fourth-order valence-corrected chi connectivity index (χ4v) is 4.62. The van der Waals surface area contributed by atoms with Gasteiger partial charge in [-0.15, -0.1) is 0 Å². The van der Waals surface area contributed by atoms with E-state index in [-0.39, 0.29) is 47.0 Å². The SMILES string of the molecule is COc1cc(/C(N)=C/C(=N)C(=O)N2CC[C@H](C(=O)NCc3ncc(F)cc3OC)CC23CC3)c(F)cn1. The van der Waals surface area contributed by atoms with Crippen LogP contribution in [0.25, 0.3) is 5.70 Å². The summed E-state index contributed by atoms with van der Waals surface area (Å²) in [5.74, 6) is -1.88. The van der Waals surface area contributed by atoms with Gasteiger partial charge < -0.3 is 25.4 Å². The van der Waals surface area contributed by atoms with E-state index in [9.17, 15) is 18.4 Å². The molecular formula is C25H28F2N6O4. The molecular weight excluding hydrogens is 486 g/mol. The van der Waals surface area contributed by atoms with Crippen molar-refractivity contribution >= 4 is 23.2 Å². The van der Waals surface area contributed by atoms with Gasteiger partial charge in [0.25, 0.3) is 5.91 Å². The third-order valence-electron chi connectivity index (χ3n) is 6.77. The first kappa shape index (κ1) is 26.0. The zero-order valence-electron chi connectivity index (χ0n) is 20.5. The van der Waals surface area contributed by atoms with Crippen LogP contribution in [0.3, 0.4) is 0 Å². The van der Waals surface area contributed by atoms with Crippen LogP contribution >= 0.6 is 0 Å². The summed E-state index contributed by atoms with van der Waals surface area (Å²) in [4.78, 5) is 35.4. The summed E-state index contributed by atoms with van der Waals surface area (Å²) in [6.07, 6.45) is 5.45. The minimum Gasteiger partial charge on any atom is -0.495 e. The van der Waals surface area contributed by atoms with E-state index in [2.05, 4.69) is 15.3 Å². The highest BCUT2D eigenvalue weighted by Gasteiger charge is 2.54. The van der Waals surface area contributed by atoms with E-state index in [1.807, 2.05) is 0 Å². The van der Waals surface area contributed by atoms with Crippen molar-refractivity contribution in [1.82, 2.24) is 20.2 Å². The lowest BCUT2D eigenvalue weighted by molar-refractivity contribution is -0.135. The van der Waals surface area contributed by atoms with E-state index < -0.39 is 23.1 Å². The summed E-state index contributed by atoms with van der Waals surface area (Å²) in [6, 6.07) is 2.50. The molecule has 1 atom stereocenters. The van der Waals surface area contributed by atoms with E-state index in [0.717, 1.165) is 31.3 Å². The number of pyridine rings is 2. The van der Waals surface area contributed by atoms with Crippen molar-refractivity contribution in [3.63, 3.8) is 0 Å². The van der Waals surface area contributed by atoms with E-state index in [1.54, 1.807) is 4.90 Å². The van der Waals surface area contributed by atoms with E-state index in [4.69, 9.17) is 20.6 Å². The lowest BCUT2D eigenvalue weighted by atomic mass is 9.87. The van der Waals surface area contributed by atoms with Crippen molar-refractivity contribution in [1.29, 1.82) is 5.41 Å². The number of nitrogens with one attached hydrogen (secondary N) is 2.